The van der Waals surface area contributed by atoms with E-state index < -0.39 is 11.8 Å². The molecule has 0 radical (unpaired) electrons. The fourth-order valence-electron chi connectivity index (χ4n) is 4.41. The van der Waals surface area contributed by atoms with Gasteiger partial charge in [0.1, 0.15) is 0 Å². The molecule has 0 spiro atoms. The van der Waals surface area contributed by atoms with Crippen LogP contribution >= 0.6 is 0 Å². The van der Waals surface area contributed by atoms with Gasteiger partial charge in [0.15, 0.2) is 6.23 Å². The molecule has 36 heavy (non-hydrogen) atoms. The van der Waals surface area contributed by atoms with Crippen molar-refractivity contribution >= 4 is 12.4 Å². The molecule has 2 N–H and O–H groups in total. The summed E-state index contributed by atoms with van der Waals surface area (Å²) in [6, 6.07) is -0.494. The molecule has 1 saturated heterocycles. The third-order valence-corrected chi connectivity index (χ3v) is 6.20. The van der Waals surface area contributed by atoms with Crippen LogP contribution in [-0.4, -0.2) is 96.3 Å². The third-order valence-electron chi connectivity index (χ3n) is 6.20. The number of carbonyl (C=O) groups is 2. The van der Waals surface area contributed by atoms with Crippen LogP contribution in [0.15, 0.2) is 12.2 Å². The van der Waals surface area contributed by atoms with Gasteiger partial charge in [0.2, 0.25) is 5.91 Å². The Balaban J connectivity index is 2.50. The first-order valence-electron chi connectivity index (χ1n) is 13.1. The van der Waals surface area contributed by atoms with Crippen molar-refractivity contribution < 1.29 is 38.0 Å². The van der Waals surface area contributed by atoms with E-state index in [1.807, 2.05) is 13.0 Å². The van der Waals surface area contributed by atoms with Crippen molar-refractivity contribution in [3.63, 3.8) is 0 Å². The van der Waals surface area contributed by atoms with E-state index in [9.17, 15) is 9.59 Å². The molecule has 0 aromatic rings. The highest BCUT2D eigenvalue weighted by molar-refractivity contribution is 5.73. The Morgan fingerprint density at radius 3 is 2.17 bits per heavy atom. The van der Waals surface area contributed by atoms with Crippen molar-refractivity contribution in [2.24, 2.45) is 5.92 Å². The normalized spacial score (nSPS) is 22.4. The van der Waals surface area contributed by atoms with Crippen LogP contribution < -0.4 is 10.6 Å². The molecule has 10 nitrogen and oxygen atoms in total. The number of carbonyl (C=O) groups excluding carboxylic acids is 2. The average Bonchev–Trinajstić information content (AvgIpc) is 3.25. The summed E-state index contributed by atoms with van der Waals surface area (Å²) >= 11 is 0. The predicted octanol–water partition coefficient (Wildman–Crippen LogP) is 2.21. The first kappa shape index (κ1) is 32.5. The summed E-state index contributed by atoms with van der Waals surface area (Å²) in [5, 5.41) is 6.44. The minimum atomic E-state index is -0.583. The molecule has 0 aromatic heterocycles. The van der Waals surface area contributed by atoms with E-state index in [2.05, 4.69) is 30.6 Å². The van der Waals surface area contributed by atoms with Crippen molar-refractivity contribution in [2.45, 2.75) is 77.3 Å². The van der Waals surface area contributed by atoms with Gasteiger partial charge in [-0.2, -0.15) is 0 Å². The lowest BCUT2D eigenvalue weighted by atomic mass is 9.81. The van der Waals surface area contributed by atoms with Crippen LogP contribution in [0.5, 0.6) is 0 Å². The maximum absolute atomic E-state index is 12.0. The highest BCUT2D eigenvalue weighted by atomic mass is 16.6. The number of ether oxygens (including phenoxy) is 6. The van der Waals surface area contributed by atoms with Crippen molar-refractivity contribution in [2.75, 3.05) is 60.0 Å². The summed E-state index contributed by atoms with van der Waals surface area (Å²) in [6.07, 6.45) is 6.84. The highest BCUT2D eigenvalue weighted by Crippen LogP contribution is 2.32. The van der Waals surface area contributed by atoms with Crippen LogP contribution in [0.4, 0.5) is 0 Å². The lowest BCUT2D eigenvalue weighted by molar-refractivity contribution is -0.135. The van der Waals surface area contributed by atoms with E-state index in [-0.39, 0.29) is 23.9 Å². The van der Waals surface area contributed by atoms with E-state index in [1.165, 1.54) is 6.92 Å². The monoisotopic (exact) mass is 516 g/mol. The molecule has 0 aromatic carbocycles. The van der Waals surface area contributed by atoms with Crippen LogP contribution in [0.1, 0.15) is 53.4 Å². The third kappa shape index (κ3) is 12.6. The molecule has 10 heteroatoms. The highest BCUT2D eigenvalue weighted by Gasteiger charge is 2.46. The average molecular weight is 517 g/mol. The Kier molecular flexibility index (Phi) is 17.6. The second kappa shape index (κ2) is 19.5. The smallest absolute Gasteiger partial charge is 0.294 e. The van der Waals surface area contributed by atoms with Crippen molar-refractivity contribution in [3.8, 4) is 0 Å². The second-order valence-electron chi connectivity index (χ2n) is 9.10. The molecule has 1 heterocycles. The molecule has 1 aliphatic heterocycles. The van der Waals surface area contributed by atoms with Crippen LogP contribution in [0.3, 0.4) is 0 Å². The largest absolute Gasteiger partial charge is 0.449 e. The molecule has 1 rings (SSSR count). The lowest BCUT2D eigenvalue weighted by Gasteiger charge is -2.41. The quantitative estimate of drug-likeness (QED) is 0.127. The van der Waals surface area contributed by atoms with E-state index >= 15 is 0 Å². The van der Waals surface area contributed by atoms with Gasteiger partial charge in [-0.05, 0) is 25.7 Å². The van der Waals surface area contributed by atoms with Gasteiger partial charge >= 0.3 is 0 Å². The minimum absolute atomic E-state index is 0.0106. The van der Waals surface area contributed by atoms with Gasteiger partial charge < -0.3 is 33.7 Å². The predicted molar refractivity (Wildman–Crippen MR) is 137 cm³/mol. The van der Waals surface area contributed by atoms with Crippen molar-refractivity contribution in [1.82, 2.24) is 10.6 Å². The Morgan fingerprint density at radius 1 is 1.03 bits per heavy atom. The van der Waals surface area contributed by atoms with E-state index in [1.54, 1.807) is 7.11 Å². The minimum Gasteiger partial charge on any atom is -0.449 e. The first-order chi connectivity index (χ1) is 17.4. The van der Waals surface area contributed by atoms with Crippen LogP contribution in [0.2, 0.25) is 0 Å². The van der Waals surface area contributed by atoms with Gasteiger partial charge in [-0.15, -0.1) is 0 Å². The molecule has 210 valence electrons. The molecule has 0 aliphatic carbocycles. The summed E-state index contributed by atoms with van der Waals surface area (Å²) in [5.74, 6) is -0.126. The Bertz CT molecular complexity index is 621. The molecular formula is C26H48N2O8. The Hall–Kier alpha value is -1.56. The number of amides is 1. The van der Waals surface area contributed by atoms with E-state index in [0.29, 0.717) is 59.1 Å². The van der Waals surface area contributed by atoms with Crippen LogP contribution in [-0.2, 0) is 38.0 Å². The molecular weight excluding hydrogens is 468 g/mol. The first-order valence-corrected chi connectivity index (χ1v) is 13.1. The summed E-state index contributed by atoms with van der Waals surface area (Å²) in [7, 11) is 1.66. The van der Waals surface area contributed by atoms with Gasteiger partial charge in [0, 0.05) is 33.1 Å². The number of nitrogens with one attached hydrogen (secondary N) is 2. The summed E-state index contributed by atoms with van der Waals surface area (Å²) in [6.45, 7) is 12.5. The van der Waals surface area contributed by atoms with Crippen molar-refractivity contribution in [3.05, 3.63) is 12.2 Å². The molecule has 0 unspecified atom stereocenters. The maximum atomic E-state index is 12.0. The number of methoxy groups -OCH3 is 1. The maximum Gasteiger partial charge on any atom is 0.294 e. The van der Waals surface area contributed by atoms with Crippen molar-refractivity contribution in [1.29, 1.82) is 0 Å². The molecule has 1 amide bonds. The zero-order chi connectivity index (χ0) is 26.7. The van der Waals surface area contributed by atoms with E-state index in [4.69, 9.17) is 28.4 Å². The van der Waals surface area contributed by atoms with E-state index in [0.717, 1.165) is 25.9 Å². The van der Waals surface area contributed by atoms with Crippen LogP contribution in [0.25, 0.3) is 0 Å². The van der Waals surface area contributed by atoms with Gasteiger partial charge in [-0.1, -0.05) is 32.4 Å². The topological polar surface area (TPSA) is 114 Å². The zero-order valence-corrected chi connectivity index (χ0v) is 22.8. The number of hydrogen-bond donors (Lipinski definition) is 2. The van der Waals surface area contributed by atoms with Gasteiger partial charge in [0.25, 0.3) is 6.47 Å². The Labute approximate surface area is 216 Å². The lowest BCUT2D eigenvalue weighted by Crippen LogP contribution is -2.62. The Morgan fingerprint density at radius 2 is 1.64 bits per heavy atom. The van der Waals surface area contributed by atoms with Gasteiger partial charge in [0.05, 0.1) is 57.9 Å². The molecule has 0 bridgehead atoms. The molecule has 5 atom stereocenters. The molecule has 1 fully saturated rings. The number of hydrogen-bond acceptors (Lipinski definition) is 9. The number of rotatable bonds is 22. The second-order valence-corrected chi connectivity index (χ2v) is 9.10. The SMILES string of the molecule is CCCOCCOCCOCCOCC=C[C@@H]1C[C@H](OC=O)N[C@H]1[C@@H](NC(C)=O)[C@](C)(CCC)OC. The summed E-state index contributed by atoms with van der Waals surface area (Å²) < 4.78 is 33.0. The summed E-state index contributed by atoms with van der Waals surface area (Å²) in [4.78, 5) is 23.0. The molecule has 0 saturated carbocycles. The van der Waals surface area contributed by atoms with Crippen LogP contribution in [0, 0.1) is 5.92 Å². The fourth-order valence-corrected chi connectivity index (χ4v) is 4.41. The standard InChI is InChI=1S/C26H48N2O8/c1-6-10-26(4,31-5)25(27-21(3)30)24-22(19-23(28-24)36-20-29)9-8-12-33-14-16-35-18-17-34-15-13-32-11-7-2/h8-9,20,22-25,28H,6-7,10-19H2,1-5H3,(H,27,30)/t22-,23+,24-,25-,26+/m1/s1. The molecule has 1 aliphatic rings. The fraction of sp³-hybridized carbons (Fsp3) is 0.846. The van der Waals surface area contributed by atoms with Gasteiger partial charge in [-0.3, -0.25) is 14.9 Å². The zero-order valence-electron chi connectivity index (χ0n) is 22.8. The van der Waals surface area contributed by atoms with Gasteiger partial charge in [-0.25, -0.2) is 0 Å². The summed E-state index contributed by atoms with van der Waals surface area (Å²) in [5.41, 5.74) is -0.583.